The van der Waals surface area contributed by atoms with Crippen molar-refractivity contribution < 1.29 is 9.59 Å². The number of nitrogens with zero attached hydrogens (tertiary/aromatic N) is 1. The van der Waals surface area contributed by atoms with Gasteiger partial charge in [0, 0.05) is 18.5 Å². The molecular weight excluding hydrogens is 338 g/mol. The van der Waals surface area contributed by atoms with Crippen molar-refractivity contribution in [1.29, 1.82) is 0 Å². The first-order valence-corrected chi connectivity index (χ1v) is 9.31. The summed E-state index contributed by atoms with van der Waals surface area (Å²) in [6.07, 6.45) is 4.09. The standard InChI is InChI=1S/C22H29N3O2/c1-14(2)18-8-7-16(4)20(13-18)24-25-22(27)11-10-21(26)23-19-9-6-15(3)12-17(19)5/h6-7,9,12,18H,1,8,10-11,13H2,2-5H3,(H,23,26)(H,25,27)/b24-20+. The highest BCUT2D eigenvalue weighted by Gasteiger charge is 2.19. The molecule has 27 heavy (non-hydrogen) atoms. The van der Waals surface area contributed by atoms with Gasteiger partial charge >= 0.3 is 0 Å². The van der Waals surface area contributed by atoms with Gasteiger partial charge in [0.15, 0.2) is 0 Å². The molecule has 0 aromatic heterocycles. The lowest BCUT2D eigenvalue weighted by atomic mass is 9.85. The number of hydrogen-bond acceptors (Lipinski definition) is 3. The van der Waals surface area contributed by atoms with Gasteiger partial charge in [-0.15, -0.1) is 0 Å². The van der Waals surface area contributed by atoms with Gasteiger partial charge in [-0.25, -0.2) is 5.43 Å². The molecule has 0 bridgehead atoms. The van der Waals surface area contributed by atoms with Crippen LogP contribution in [0, 0.1) is 19.8 Å². The molecule has 1 aromatic carbocycles. The van der Waals surface area contributed by atoms with Crippen LogP contribution in [0.15, 0.2) is 47.1 Å². The zero-order valence-electron chi connectivity index (χ0n) is 16.7. The van der Waals surface area contributed by atoms with Crippen molar-refractivity contribution in [2.75, 3.05) is 5.32 Å². The number of carbonyl (C=O) groups excluding carboxylic acids is 2. The van der Waals surface area contributed by atoms with Crippen LogP contribution in [0.4, 0.5) is 5.69 Å². The molecule has 0 saturated carbocycles. The van der Waals surface area contributed by atoms with Crippen LogP contribution in [-0.4, -0.2) is 17.5 Å². The Morgan fingerprint density at radius 2 is 1.89 bits per heavy atom. The second kappa shape index (κ2) is 9.31. The van der Waals surface area contributed by atoms with Gasteiger partial charge in [0.25, 0.3) is 0 Å². The Labute approximate surface area is 161 Å². The first-order chi connectivity index (χ1) is 12.8. The molecule has 2 rings (SSSR count). The van der Waals surface area contributed by atoms with Crippen molar-refractivity contribution >= 4 is 23.2 Å². The van der Waals surface area contributed by atoms with E-state index in [9.17, 15) is 9.59 Å². The Bertz CT molecular complexity index is 806. The third kappa shape index (κ3) is 6.20. The fourth-order valence-electron chi connectivity index (χ4n) is 3.00. The normalized spacial score (nSPS) is 18.0. The van der Waals surface area contributed by atoms with Crippen LogP contribution in [0.3, 0.4) is 0 Å². The summed E-state index contributed by atoms with van der Waals surface area (Å²) < 4.78 is 0. The average Bonchev–Trinajstić information content (AvgIpc) is 2.61. The molecule has 0 saturated heterocycles. The minimum Gasteiger partial charge on any atom is -0.326 e. The van der Waals surface area contributed by atoms with E-state index < -0.39 is 0 Å². The topological polar surface area (TPSA) is 70.6 Å². The Balaban J connectivity index is 1.83. The van der Waals surface area contributed by atoms with Crippen molar-refractivity contribution in [2.24, 2.45) is 11.0 Å². The molecular formula is C22H29N3O2. The van der Waals surface area contributed by atoms with Gasteiger partial charge in [0.05, 0.1) is 5.71 Å². The van der Waals surface area contributed by atoms with E-state index in [0.717, 1.165) is 46.5 Å². The van der Waals surface area contributed by atoms with Crippen LogP contribution in [0.2, 0.25) is 0 Å². The van der Waals surface area contributed by atoms with E-state index in [-0.39, 0.29) is 24.7 Å². The number of anilines is 1. The van der Waals surface area contributed by atoms with Crippen LogP contribution in [-0.2, 0) is 9.59 Å². The van der Waals surface area contributed by atoms with Crippen LogP contribution < -0.4 is 10.7 Å². The monoisotopic (exact) mass is 367 g/mol. The van der Waals surface area contributed by atoms with Crippen molar-refractivity contribution in [1.82, 2.24) is 5.43 Å². The maximum absolute atomic E-state index is 12.1. The molecule has 1 unspecified atom stereocenters. The SMILES string of the molecule is C=C(C)C1CC=C(C)/C(=N/NC(=O)CCC(=O)Nc2ccc(C)cc2C)C1. The molecule has 2 amide bonds. The predicted molar refractivity (Wildman–Crippen MR) is 111 cm³/mol. The molecule has 1 aliphatic carbocycles. The molecule has 0 fully saturated rings. The summed E-state index contributed by atoms with van der Waals surface area (Å²) in [5, 5.41) is 7.11. The third-order valence-electron chi connectivity index (χ3n) is 4.85. The van der Waals surface area contributed by atoms with Gasteiger partial charge in [-0.1, -0.05) is 35.9 Å². The first kappa shape index (κ1) is 20.6. The maximum Gasteiger partial charge on any atom is 0.240 e. The summed E-state index contributed by atoms with van der Waals surface area (Å²) in [5.74, 6) is -0.0720. The lowest BCUT2D eigenvalue weighted by molar-refractivity contribution is -0.124. The molecule has 1 aliphatic rings. The molecule has 2 N–H and O–H groups in total. The fraction of sp³-hybridized carbons (Fsp3) is 0.409. The summed E-state index contributed by atoms with van der Waals surface area (Å²) in [6, 6.07) is 5.84. The highest BCUT2D eigenvalue weighted by atomic mass is 16.2. The molecule has 0 aliphatic heterocycles. The number of hydrogen-bond donors (Lipinski definition) is 2. The number of aryl methyl sites for hydroxylation is 2. The third-order valence-corrected chi connectivity index (χ3v) is 4.85. The number of rotatable bonds is 6. The Hall–Kier alpha value is -2.69. The Morgan fingerprint density at radius 3 is 2.56 bits per heavy atom. The molecule has 5 heteroatoms. The van der Waals surface area contributed by atoms with Gasteiger partial charge in [-0.3, -0.25) is 9.59 Å². The van der Waals surface area contributed by atoms with E-state index in [2.05, 4.69) is 28.5 Å². The zero-order chi connectivity index (χ0) is 20.0. The largest absolute Gasteiger partial charge is 0.326 e. The van der Waals surface area contributed by atoms with Crippen LogP contribution in [0.5, 0.6) is 0 Å². The molecule has 5 nitrogen and oxygen atoms in total. The average molecular weight is 367 g/mol. The number of hydrazone groups is 1. The second-order valence-electron chi connectivity index (χ2n) is 7.33. The van der Waals surface area contributed by atoms with E-state index in [1.54, 1.807) is 0 Å². The van der Waals surface area contributed by atoms with E-state index in [1.165, 1.54) is 0 Å². The number of amides is 2. The van der Waals surface area contributed by atoms with Crippen LogP contribution >= 0.6 is 0 Å². The molecule has 1 atom stereocenters. The summed E-state index contributed by atoms with van der Waals surface area (Å²) in [7, 11) is 0. The highest BCUT2D eigenvalue weighted by molar-refractivity contribution is 6.01. The fourth-order valence-corrected chi connectivity index (χ4v) is 3.00. The zero-order valence-corrected chi connectivity index (χ0v) is 16.7. The van der Waals surface area contributed by atoms with Gasteiger partial charge < -0.3 is 5.32 Å². The summed E-state index contributed by atoms with van der Waals surface area (Å²) in [4.78, 5) is 24.1. The minimum atomic E-state index is -0.261. The van der Waals surface area contributed by atoms with E-state index >= 15 is 0 Å². The first-order valence-electron chi connectivity index (χ1n) is 9.31. The van der Waals surface area contributed by atoms with Gasteiger partial charge in [0.2, 0.25) is 11.8 Å². The van der Waals surface area contributed by atoms with Gasteiger partial charge in [0.1, 0.15) is 0 Å². The smallest absolute Gasteiger partial charge is 0.240 e. The quantitative estimate of drug-likeness (QED) is 0.577. The highest BCUT2D eigenvalue weighted by Crippen LogP contribution is 2.26. The van der Waals surface area contributed by atoms with Crippen LogP contribution in [0.25, 0.3) is 0 Å². The molecule has 0 heterocycles. The van der Waals surface area contributed by atoms with Crippen molar-refractivity contribution in [3.05, 3.63) is 53.1 Å². The van der Waals surface area contributed by atoms with E-state index in [1.807, 2.05) is 45.9 Å². The number of carbonyl (C=O) groups is 2. The molecule has 0 spiro atoms. The minimum absolute atomic E-state index is 0.0974. The van der Waals surface area contributed by atoms with Gasteiger partial charge in [-0.05, 0) is 63.7 Å². The molecule has 1 aromatic rings. The summed E-state index contributed by atoms with van der Waals surface area (Å²) in [5.41, 5.74) is 8.59. The number of nitrogens with one attached hydrogen (secondary N) is 2. The second-order valence-corrected chi connectivity index (χ2v) is 7.33. The lowest BCUT2D eigenvalue weighted by Gasteiger charge is -2.22. The lowest BCUT2D eigenvalue weighted by Crippen LogP contribution is -2.24. The Kier molecular flexibility index (Phi) is 7.11. The van der Waals surface area contributed by atoms with Gasteiger partial charge in [-0.2, -0.15) is 5.10 Å². The van der Waals surface area contributed by atoms with E-state index in [4.69, 9.17) is 0 Å². The summed E-state index contributed by atoms with van der Waals surface area (Å²) >= 11 is 0. The van der Waals surface area contributed by atoms with E-state index in [0.29, 0.717) is 5.92 Å². The van der Waals surface area contributed by atoms with Crippen molar-refractivity contribution in [2.45, 2.75) is 53.4 Å². The number of allylic oxidation sites excluding steroid dienone is 3. The molecule has 0 radical (unpaired) electrons. The van der Waals surface area contributed by atoms with Crippen molar-refractivity contribution in [3.63, 3.8) is 0 Å². The predicted octanol–water partition coefficient (Wildman–Crippen LogP) is 4.43. The van der Waals surface area contributed by atoms with Crippen molar-refractivity contribution in [3.8, 4) is 0 Å². The van der Waals surface area contributed by atoms with Crippen LogP contribution in [0.1, 0.15) is 50.7 Å². The maximum atomic E-state index is 12.1. The molecule has 144 valence electrons. The number of benzene rings is 1. The summed E-state index contributed by atoms with van der Waals surface area (Å²) in [6.45, 7) is 12.0. The Morgan fingerprint density at radius 1 is 1.19 bits per heavy atom.